The lowest BCUT2D eigenvalue weighted by atomic mass is 9.62. The number of halogens is 14. The van der Waals surface area contributed by atoms with Crippen LogP contribution in [0.15, 0.2) is 107 Å². The number of Topliss-reactive ketones (excluding diaryl/α,β-unsaturated/α-hetero) is 1. The van der Waals surface area contributed by atoms with Crippen LogP contribution in [-0.2, 0) is 22.9 Å². The summed E-state index contributed by atoms with van der Waals surface area (Å²) in [5, 5.41) is 29.6. The number of alkyl halides is 12. The predicted molar refractivity (Wildman–Crippen MR) is 374 cm³/mol. The second-order valence-corrected chi connectivity index (χ2v) is 38.6. The number of allylic oxidation sites excluding steroid dienone is 10. The van der Waals surface area contributed by atoms with Crippen molar-refractivity contribution < 1.29 is 90.9 Å². The van der Waals surface area contributed by atoms with E-state index in [4.69, 9.17) is 4.43 Å². The first kappa shape index (κ1) is 88.0. The quantitative estimate of drug-likeness (QED) is 0.0486. The van der Waals surface area contributed by atoms with Gasteiger partial charge in [-0.3, -0.25) is 4.79 Å². The molecule has 0 aromatic carbocycles. The molecule has 0 bridgehead atoms. The van der Waals surface area contributed by atoms with E-state index in [1.165, 1.54) is 24.2 Å². The highest BCUT2D eigenvalue weighted by Gasteiger charge is 2.71. The van der Waals surface area contributed by atoms with Gasteiger partial charge in [-0.15, -0.1) is 0 Å². The molecule has 6 aliphatic carbocycles. The molecule has 6 rings (SSSR count). The van der Waals surface area contributed by atoms with E-state index >= 15 is 0 Å². The van der Waals surface area contributed by atoms with E-state index in [1.807, 2.05) is 31.2 Å². The molecule has 4 fully saturated rings. The van der Waals surface area contributed by atoms with E-state index < -0.39 is 74.2 Å². The SMILES string of the molecule is C=C1/C(=C\C=C2/CCC[C@]3(C)C([C@H](C)C/C=C/C(O)(C(F)(F)F)C(F)(F)F)=CCC23)C[C@H](O)C[C@@H]1O.C=C1/C(=C\CC=O)C[C@H](C(C)(C)C)C[C@@H]1O[Si](C)(C)C(C)(C)C.C[C@H](C/C=C/C(O[SiH](C)C)(C(F)(F)F)C(F)(F)F)C1=CCC2C(=O)CCC[C@]12C.C[Si](C)=O.II. The van der Waals surface area contributed by atoms with Gasteiger partial charge in [0.2, 0.25) is 0 Å². The predicted octanol–water partition coefficient (Wildman–Crippen LogP) is 21.0. The molecule has 0 spiro atoms. The van der Waals surface area contributed by atoms with E-state index in [1.54, 1.807) is 26.9 Å². The van der Waals surface area contributed by atoms with Crippen LogP contribution >= 0.6 is 37.2 Å². The Bertz CT molecular complexity index is 2790. The van der Waals surface area contributed by atoms with Crippen LogP contribution in [-0.4, -0.2) is 108 Å². The molecule has 0 amide bonds. The number of aliphatic hydroxyl groups is 3. The van der Waals surface area contributed by atoms with Crippen molar-refractivity contribution in [3.8, 4) is 0 Å². The fraction of sp³-hybridized carbons (Fsp3) is 0.710. The second kappa shape index (κ2) is 35.0. The molecule has 0 heterocycles. The van der Waals surface area contributed by atoms with Gasteiger partial charge < -0.3 is 33.4 Å². The Kier molecular flexibility index (Phi) is 32.7. The molecule has 0 aromatic heterocycles. The summed E-state index contributed by atoms with van der Waals surface area (Å²) < 4.78 is 179. The number of aldehydes is 1. The second-order valence-electron chi connectivity index (χ2n) is 29.6. The molecule has 8 nitrogen and oxygen atoms in total. The fourth-order valence-corrected chi connectivity index (χ4v) is 16.0. The van der Waals surface area contributed by atoms with Gasteiger partial charge in [0.1, 0.15) is 12.1 Å². The molecule has 0 saturated heterocycles. The lowest BCUT2D eigenvalue weighted by molar-refractivity contribution is -0.347. The first-order valence-electron chi connectivity index (χ1n) is 32.2. The zero-order chi connectivity index (χ0) is 73.0. The minimum absolute atomic E-state index is 0.0131. The monoisotopic (exact) mass is 1630 g/mol. The molecule has 2 unspecified atom stereocenters. The molecule has 4 saturated carbocycles. The molecule has 538 valence electrons. The van der Waals surface area contributed by atoms with Gasteiger partial charge in [0.05, 0.1) is 18.3 Å². The number of carbonyl (C=O) groups is 2. The number of hydrogen-bond acceptors (Lipinski definition) is 8. The minimum atomic E-state index is -5.87. The molecule has 0 radical (unpaired) electrons. The zero-order valence-electron chi connectivity index (χ0n) is 57.7. The van der Waals surface area contributed by atoms with Crippen LogP contribution in [0.1, 0.15) is 166 Å². The highest BCUT2D eigenvalue weighted by atomic mass is 128. The van der Waals surface area contributed by atoms with Crippen molar-refractivity contribution in [1.29, 1.82) is 0 Å². The Morgan fingerprint density at radius 2 is 1.20 bits per heavy atom. The average Bonchev–Trinajstić information content (AvgIpc) is 1.46. The van der Waals surface area contributed by atoms with Crippen molar-refractivity contribution in [2.45, 2.75) is 264 Å². The van der Waals surface area contributed by atoms with Crippen LogP contribution in [0.4, 0.5) is 52.7 Å². The maximum absolute atomic E-state index is 13.5. The Labute approximate surface area is 579 Å². The van der Waals surface area contributed by atoms with Gasteiger partial charge in [0, 0.05) is 62.4 Å². The van der Waals surface area contributed by atoms with E-state index in [-0.39, 0.29) is 88.3 Å². The number of ketones is 1. The van der Waals surface area contributed by atoms with Crippen LogP contribution in [0.3, 0.4) is 0 Å². The largest absolute Gasteiger partial charge is 0.429 e. The summed E-state index contributed by atoms with van der Waals surface area (Å²) in [5.41, 5.74) is -2.68. The van der Waals surface area contributed by atoms with Crippen molar-refractivity contribution in [3.05, 3.63) is 107 Å². The van der Waals surface area contributed by atoms with E-state index in [2.05, 4.69) is 122 Å². The third-order valence-electron chi connectivity index (χ3n) is 20.0. The maximum atomic E-state index is 13.5. The maximum Gasteiger partial charge on any atom is 0.429 e. The number of aliphatic hydroxyl groups excluding tert-OH is 2. The zero-order valence-corrected chi connectivity index (χ0v) is 65.1. The van der Waals surface area contributed by atoms with Gasteiger partial charge in [-0.25, -0.2) is 0 Å². The summed E-state index contributed by atoms with van der Waals surface area (Å²) in [6, 6.07) is 0. The Balaban J connectivity index is 0.000000470. The number of hydrogen-bond donors (Lipinski definition) is 3. The first-order valence-corrected chi connectivity index (χ1v) is 46.6. The van der Waals surface area contributed by atoms with Crippen molar-refractivity contribution in [2.24, 2.45) is 45.8 Å². The standard InChI is InChI=1S/C27H34F6O3.C20H28F6O2Si.C20H36O2Si.C2H6OSi.I2/c1-16(6-4-13-25(36,26(28,29)30)27(31,32)33)21-10-11-22-18(7-5-12-24(21,22)3)8-9-19-14-20(34)15-23(35)17(19)2;1-13(14-9-10-15-16(27)8-6-11-17(14,15)2)7-5-12-18(19(21,22)23,20(24,25)26)28-29(3)4;1-15-16(11-10-12-21)13-17(19(2,3)4)14-18(15)22-23(8,9)20(5,6)7;1-4(2)3;1-2/h4,8-10,13,16,20,22-23,34-36H,2,5-7,11-12,14-15H2,1,3H3;5,9,12-13,15,29H,6-8,10-11H2,1-4H3;11-12,17-18H,1,10,13-14H2,2-9H3;1-2H3;/b13-4+,18-8+,19-9-;12-5+;16-11-;;/t16-,20+,22?,23+,24-;13-,15?,17-;17-,18-;;/m110../s1. The molecule has 0 aromatic rings. The molecular weight excluding hydrogens is 1520 g/mol. The summed E-state index contributed by atoms with van der Waals surface area (Å²) >= 11 is 4.24. The molecule has 25 heteroatoms. The fourth-order valence-electron chi connectivity index (χ4n) is 13.6. The van der Waals surface area contributed by atoms with E-state index in [0.717, 1.165) is 92.1 Å². The number of rotatable bonds is 15. The molecule has 94 heavy (non-hydrogen) atoms. The Morgan fingerprint density at radius 3 is 1.65 bits per heavy atom. The normalized spacial score (nSPS) is 27.9. The smallest absolute Gasteiger partial charge is 0.410 e. The van der Waals surface area contributed by atoms with Gasteiger partial charge in [-0.2, -0.15) is 52.7 Å². The molecule has 6 aliphatic rings. The van der Waals surface area contributed by atoms with Crippen LogP contribution in [0, 0.1) is 45.8 Å². The van der Waals surface area contributed by atoms with Crippen molar-refractivity contribution in [1.82, 2.24) is 0 Å². The lowest BCUT2D eigenvalue weighted by Crippen LogP contribution is -2.59. The van der Waals surface area contributed by atoms with Crippen molar-refractivity contribution in [2.75, 3.05) is 0 Å². The average molecular weight is 1630 g/mol. The molecule has 3 N–H and O–H groups in total. The number of carbonyl (C=O) groups excluding carboxylic acids is 2. The minimum Gasteiger partial charge on any atom is -0.410 e. The van der Waals surface area contributed by atoms with E-state index in [9.17, 15) is 82.1 Å². The van der Waals surface area contributed by atoms with Gasteiger partial charge >= 0.3 is 24.7 Å². The van der Waals surface area contributed by atoms with Crippen molar-refractivity contribution in [3.63, 3.8) is 0 Å². The van der Waals surface area contributed by atoms with Crippen LogP contribution in [0.2, 0.25) is 44.3 Å². The van der Waals surface area contributed by atoms with Crippen LogP contribution in [0.25, 0.3) is 0 Å². The third-order valence-corrected chi connectivity index (χ3v) is 25.3. The van der Waals surface area contributed by atoms with Crippen LogP contribution < -0.4 is 0 Å². The van der Waals surface area contributed by atoms with Gasteiger partial charge in [-0.1, -0.05) is 142 Å². The summed E-state index contributed by atoms with van der Waals surface area (Å²) in [4.78, 5) is 23.0. The lowest BCUT2D eigenvalue weighted by Gasteiger charge is -2.45. The summed E-state index contributed by atoms with van der Waals surface area (Å²) in [7, 11) is -5.63. The van der Waals surface area contributed by atoms with E-state index in [0.29, 0.717) is 37.2 Å². The van der Waals surface area contributed by atoms with Crippen molar-refractivity contribution >= 4 is 75.3 Å². The first-order chi connectivity index (χ1) is 42.7. The highest BCUT2D eigenvalue weighted by molar-refractivity contribution is 15.0. The van der Waals surface area contributed by atoms with Gasteiger partial charge in [0.15, 0.2) is 17.4 Å². The highest BCUT2D eigenvalue weighted by Crippen LogP contribution is 2.58. The van der Waals surface area contributed by atoms with Gasteiger partial charge in [0.25, 0.3) is 19.9 Å². The topological polar surface area (TPSA) is 130 Å². The summed E-state index contributed by atoms with van der Waals surface area (Å²) in [6.45, 7) is 40.2. The summed E-state index contributed by atoms with van der Waals surface area (Å²) in [5.74, 6) is 0.207. The molecule has 10 atom stereocenters. The molecule has 0 aliphatic heterocycles. The Hall–Kier alpha value is -2.13. The third kappa shape index (κ3) is 22.4. The number of fused-ring (bicyclic) bond motifs is 2. The Morgan fingerprint density at radius 1 is 0.734 bits per heavy atom. The van der Waals surface area contributed by atoms with Crippen LogP contribution in [0.5, 0.6) is 0 Å². The van der Waals surface area contributed by atoms with Gasteiger partial charge in [-0.05, 0) is 196 Å². The molecular formula is C69H104F12I2O8Si3. The summed E-state index contributed by atoms with van der Waals surface area (Å²) in [6.07, 6.45) is -2.57.